The zero-order valence-electron chi connectivity index (χ0n) is 10.4. The standard InChI is InChI=1S/C8H10N4O2.C2HCl3/c1-10-4-9-6-5(10)7(13)12(3)8(14)11(6)2;3-1-2(4)5/h4H,1-3H3;1H. The lowest BCUT2D eigenvalue weighted by Gasteiger charge is -2.02. The molecule has 2 aromatic heterocycles. The molecular weight excluding hydrogens is 314 g/mol. The van der Waals surface area contributed by atoms with Gasteiger partial charge in [-0.25, -0.2) is 9.78 Å². The normalized spacial score (nSPS) is 10.0. The Morgan fingerprint density at radius 3 is 2.21 bits per heavy atom. The van der Waals surface area contributed by atoms with Crippen molar-refractivity contribution in [1.82, 2.24) is 18.7 Å². The SMILES string of the molecule is ClC=C(Cl)Cl.Cn1c(=O)c2c(ncn2C)n(C)c1=O. The maximum atomic E-state index is 11.7. The first kappa shape index (κ1) is 15.8. The topological polar surface area (TPSA) is 61.8 Å². The Labute approximate surface area is 123 Å². The molecule has 0 spiro atoms. The van der Waals surface area contributed by atoms with Crippen LogP contribution < -0.4 is 11.2 Å². The zero-order valence-corrected chi connectivity index (χ0v) is 12.7. The van der Waals surface area contributed by atoms with Crippen LogP contribution in [0.3, 0.4) is 0 Å². The molecule has 2 aromatic rings. The molecule has 19 heavy (non-hydrogen) atoms. The van der Waals surface area contributed by atoms with Crippen molar-refractivity contribution in [2.75, 3.05) is 0 Å². The predicted octanol–water partition coefficient (Wildman–Crippen LogP) is 1.47. The van der Waals surface area contributed by atoms with Gasteiger partial charge in [-0.3, -0.25) is 13.9 Å². The van der Waals surface area contributed by atoms with Crippen molar-refractivity contribution in [1.29, 1.82) is 0 Å². The number of aromatic nitrogens is 4. The molecule has 0 fully saturated rings. The molecule has 0 atom stereocenters. The van der Waals surface area contributed by atoms with Crippen LogP contribution in [0.2, 0.25) is 0 Å². The van der Waals surface area contributed by atoms with Crippen molar-refractivity contribution >= 4 is 46.0 Å². The van der Waals surface area contributed by atoms with Gasteiger partial charge in [0.05, 0.1) is 6.33 Å². The highest BCUT2D eigenvalue weighted by molar-refractivity contribution is 6.58. The molecule has 0 unspecified atom stereocenters. The van der Waals surface area contributed by atoms with Crippen LogP contribution in [0.25, 0.3) is 11.2 Å². The number of fused-ring (bicyclic) bond motifs is 1. The summed E-state index contributed by atoms with van der Waals surface area (Å²) >= 11 is 14.8. The molecule has 0 aliphatic carbocycles. The monoisotopic (exact) mass is 324 g/mol. The Balaban J connectivity index is 0.000000312. The summed E-state index contributed by atoms with van der Waals surface area (Å²) in [6, 6.07) is 0. The van der Waals surface area contributed by atoms with E-state index in [9.17, 15) is 9.59 Å². The Hall–Kier alpha value is -1.24. The molecule has 2 heterocycles. The van der Waals surface area contributed by atoms with E-state index in [2.05, 4.69) is 4.98 Å². The molecule has 0 bridgehead atoms. The van der Waals surface area contributed by atoms with Gasteiger partial charge in [0, 0.05) is 26.7 Å². The minimum atomic E-state index is -0.360. The molecule has 0 aliphatic heterocycles. The summed E-state index contributed by atoms with van der Waals surface area (Å²) in [5, 5.41) is 0. The van der Waals surface area contributed by atoms with Crippen LogP contribution in [-0.2, 0) is 21.1 Å². The van der Waals surface area contributed by atoms with E-state index in [0.717, 1.165) is 10.1 Å². The van der Waals surface area contributed by atoms with Gasteiger partial charge >= 0.3 is 5.69 Å². The number of hydrogen-bond donors (Lipinski definition) is 0. The van der Waals surface area contributed by atoms with E-state index >= 15 is 0 Å². The van der Waals surface area contributed by atoms with Crippen molar-refractivity contribution in [2.24, 2.45) is 21.1 Å². The van der Waals surface area contributed by atoms with Gasteiger partial charge in [0.25, 0.3) is 5.56 Å². The van der Waals surface area contributed by atoms with Crippen LogP contribution in [0.4, 0.5) is 0 Å². The number of aryl methyl sites for hydroxylation is 2. The maximum absolute atomic E-state index is 11.7. The van der Waals surface area contributed by atoms with E-state index in [-0.39, 0.29) is 15.7 Å². The summed E-state index contributed by atoms with van der Waals surface area (Å²) in [5.41, 5.74) is 1.27. The quantitative estimate of drug-likeness (QED) is 0.737. The second kappa shape index (κ2) is 6.27. The number of rotatable bonds is 0. The van der Waals surface area contributed by atoms with Crippen molar-refractivity contribution in [3.05, 3.63) is 37.2 Å². The van der Waals surface area contributed by atoms with Gasteiger partial charge in [-0.05, 0) is 0 Å². The summed E-state index contributed by atoms with van der Waals surface area (Å²) < 4.78 is 4.13. The number of hydrogen-bond acceptors (Lipinski definition) is 3. The fourth-order valence-corrected chi connectivity index (χ4v) is 1.47. The van der Waals surface area contributed by atoms with Crippen molar-refractivity contribution in [3.8, 4) is 0 Å². The molecule has 104 valence electrons. The van der Waals surface area contributed by atoms with E-state index < -0.39 is 0 Å². The molecule has 0 aromatic carbocycles. The number of halogens is 3. The van der Waals surface area contributed by atoms with E-state index in [1.165, 1.54) is 17.9 Å². The molecule has 9 heteroatoms. The highest BCUT2D eigenvalue weighted by Gasteiger charge is 2.11. The van der Waals surface area contributed by atoms with Gasteiger partial charge in [-0.1, -0.05) is 34.8 Å². The predicted molar refractivity (Wildman–Crippen MR) is 76.8 cm³/mol. The smallest absolute Gasteiger partial charge is 0.328 e. The zero-order chi connectivity index (χ0) is 14.7. The van der Waals surface area contributed by atoms with Crippen LogP contribution in [0, 0.1) is 0 Å². The van der Waals surface area contributed by atoms with Crippen LogP contribution in [0.5, 0.6) is 0 Å². The second-order valence-corrected chi connectivity index (χ2v) is 4.86. The van der Waals surface area contributed by atoms with Crippen molar-refractivity contribution in [2.45, 2.75) is 0 Å². The molecule has 0 N–H and O–H groups in total. The lowest BCUT2D eigenvalue weighted by molar-refractivity contribution is 0.705. The molecule has 0 saturated heterocycles. The van der Waals surface area contributed by atoms with E-state index in [4.69, 9.17) is 34.8 Å². The third kappa shape index (κ3) is 3.20. The third-order valence-electron chi connectivity index (χ3n) is 2.40. The Morgan fingerprint density at radius 2 is 1.74 bits per heavy atom. The summed E-state index contributed by atoms with van der Waals surface area (Å²) in [4.78, 5) is 27.2. The Bertz CT molecular complexity index is 738. The summed E-state index contributed by atoms with van der Waals surface area (Å²) in [6.07, 6.45) is 1.52. The first-order valence-electron chi connectivity index (χ1n) is 4.99. The molecular formula is C10H11Cl3N4O2. The highest BCUT2D eigenvalue weighted by atomic mass is 35.5. The Morgan fingerprint density at radius 1 is 1.21 bits per heavy atom. The first-order chi connectivity index (χ1) is 8.81. The highest BCUT2D eigenvalue weighted by Crippen LogP contribution is 2.06. The minimum absolute atomic E-state index is 0.0895. The molecule has 0 saturated carbocycles. The lowest BCUT2D eigenvalue weighted by Crippen LogP contribution is -2.37. The fraction of sp³-hybridized carbons (Fsp3) is 0.300. The third-order valence-corrected chi connectivity index (χ3v) is 3.06. The maximum Gasteiger partial charge on any atom is 0.332 e. The molecule has 2 rings (SSSR count). The summed E-state index contributed by atoms with van der Waals surface area (Å²) in [5.74, 6) is 0. The average Bonchev–Trinajstić information content (AvgIpc) is 2.76. The number of nitrogens with zero attached hydrogens (tertiary/aromatic N) is 4. The van der Waals surface area contributed by atoms with E-state index in [0.29, 0.717) is 11.2 Å². The van der Waals surface area contributed by atoms with Gasteiger partial charge in [-0.15, -0.1) is 0 Å². The van der Waals surface area contributed by atoms with Gasteiger partial charge < -0.3 is 4.57 Å². The largest absolute Gasteiger partial charge is 0.332 e. The second-order valence-electron chi connectivity index (χ2n) is 3.63. The average molecular weight is 326 g/mol. The number of imidazole rings is 1. The van der Waals surface area contributed by atoms with Gasteiger partial charge in [0.2, 0.25) is 0 Å². The van der Waals surface area contributed by atoms with Gasteiger partial charge in [0.1, 0.15) is 4.49 Å². The van der Waals surface area contributed by atoms with Crippen LogP contribution in [-0.4, -0.2) is 18.7 Å². The van der Waals surface area contributed by atoms with Gasteiger partial charge in [0.15, 0.2) is 11.2 Å². The van der Waals surface area contributed by atoms with E-state index in [1.54, 1.807) is 18.7 Å². The fourth-order valence-electron chi connectivity index (χ4n) is 1.47. The lowest BCUT2D eigenvalue weighted by atomic mass is 10.5. The minimum Gasteiger partial charge on any atom is -0.328 e. The van der Waals surface area contributed by atoms with E-state index in [1.807, 2.05) is 0 Å². The van der Waals surface area contributed by atoms with Crippen molar-refractivity contribution < 1.29 is 0 Å². The first-order valence-corrected chi connectivity index (χ1v) is 6.19. The van der Waals surface area contributed by atoms with Crippen LogP contribution in [0.15, 0.2) is 25.9 Å². The molecule has 0 aliphatic rings. The Kier molecular flexibility index (Phi) is 5.22. The van der Waals surface area contributed by atoms with Crippen LogP contribution in [0.1, 0.15) is 0 Å². The molecule has 6 nitrogen and oxygen atoms in total. The van der Waals surface area contributed by atoms with Gasteiger partial charge in [-0.2, -0.15) is 0 Å². The molecule has 0 amide bonds. The van der Waals surface area contributed by atoms with Crippen LogP contribution >= 0.6 is 34.8 Å². The summed E-state index contributed by atoms with van der Waals surface area (Å²) in [7, 11) is 4.77. The molecule has 0 radical (unpaired) electrons. The van der Waals surface area contributed by atoms with Crippen molar-refractivity contribution in [3.63, 3.8) is 0 Å². The summed E-state index contributed by atoms with van der Waals surface area (Å²) in [6.45, 7) is 0.